The third-order valence-electron chi connectivity index (χ3n) is 8.50. The molecule has 12 heteroatoms. The van der Waals surface area contributed by atoms with Crippen LogP contribution in [0.25, 0.3) is 16.8 Å². The van der Waals surface area contributed by atoms with E-state index in [1.54, 1.807) is 35.1 Å². The van der Waals surface area contributed by atoms with E-state index in [0.29, 0.717) is 35.9 Å². The average Bonchev–Trinajstić information content (AvgIpc) is 3.62. The van der Waals surface area contributed by atoms with Crippen LogP contribution in [0.1, 0.15) is 51.0 Å². The average molecular weight is 579 g/mol. The van der Waals surface area contributed by atoms with Gasteiger partial charge in [0, 0.05) is 35.8 Å². The minimum atomic E-state index is -3.59. The van der Waals surface area contributed by atoms with Crippen molar-refractivity contribution in [2.24, 2.45) is 11.3 Å². The maximum absolute atomic E-state index is 13.0. The summed E-state index contributed by atoms with van der Waals surface area (Å²) in [4.78, 5) is 4.92. The molecule has 2 aliphatic rings. The van der Waals surface area contributed by atoms with Crippen molar-refractivity contribution in [1.82, 2.24) is 34.8 Å². The molecule has 4 heterocycles. The quantitative estimate of drug-likeness (QED) is 0.192. The van der Waals surface area contributed by atoms with Gasteiger partial charge in [-0.25, -0.2) is 17.7 Å². The number of fused-ring (bicyclic) bond motifs is 1. The van der Waals surface area contributed by atoms with Gasteiger partial charge in [-0.05, 0) is 107 Å². The van der Waals surface area contributed by atoms with E-state index in [4.69, 9.17) is 4.74 Å². The number of H-pyrrole nitrogens is 1. The number of sulfonamides is 1. The number of benzene rings is 1. The van der Waals surface area contributed by atoms with Gasteiger partial charge in [-0.2, -0.15) is 10.1 Å². The van der Waals surface area contributed by atoms with Crippen LogP contribution in [-0.2, 0) is 10.0 Å². The van der Waals surface area contributed by atoms with Crippen molar-refractivity contribution in [2.75, 3.05) is 31.6 Å². The highest BCUT2D eigenvalue weighted by atomic mass is 32.2. The maximum Gasteiger partial charge on any atom is 0.247 e. The Bertz CT molecular complexity index is 1600. The Morgan fingerprint density at radius 1 is 1.20 bits per heavy atom. The number of aromatic nitrogens is 5. The van der Waals surface area contributed by atoms with E-state index < -0.39 is 10.0 Å². The van der Waals surface area contributed by atoms with Gasteiger partial charge in [-0.1, -0.05) is 0 Å². The number of hydrogen-bond donors (Lipinski definition) is 4. The molecule has 1 spiro atoms. The minimum Gasteiger partial charge on any atom is -0.489 e. The molecule has 0 atom stereocenters. The molecule has 4 aromatic rings. The van der Waals surface area contributed by atoms with Gasteiger partial charge < -0.3 is 15.4 Å². The van der Waals surface area contributed by atoms with E-state index in [-0.39, 0.29) is 4.90 Å². The first kappa shape index (κ1) is 27.7. The lowest BCUT2D eigenvalue weighted by Gasteiger charge is -2.50. The Morgan fingerprint density at radius 3 is 2.76 bits per heavy atom. The lowest BCUT2D eigenvalue weighted by atomic mass is 9.57. The van der Waals surface area contributed by atoms with Gasteiger partial charge >= 0.3 is 0 Å². The van der Waals surface area contributed by atoms with Crippen molar-refractivity contribution in [1.29, 1.82) is 0 Å². The van der Waals surface area contributed by atoms with Gasteiger partial charge in [-0.15, -0.1) is 5.10 Å². The third-order valence-corrected chi connectivity index (χ3v) is 9.96. The minimum absolute atomic E-state index is 0.254. The first-order valence-corrected chi connectivity index (χ1v) is 15.9. The number of nitrogens with one attached hydrogen (secondary N) is 4. The molecular formula is C29H38N8O3S. The zero-order valence-electron chi connectivity index (χ0n) is 23.6. The molecule has 1 aromatic carbocycles. The normalized spacial score (nSPS) is 17.1. The van der Waals surface area contributed by atoms with E-state index in [2.05, 4.69) is 35.6 Å². The monoisotopic (exact) mass is 578 g/mol. The van der Waals surface area contributed by atoms with E-state index in [1.165, 1.54) is 25.7 Å². The molecular weight excluding hydrogens is 540 g/mol. The number of rotatable bonds is 11. The van der Waals surface area contributed by atoms with Gasteiger partial charge in [-0.3, -0.25) is 5.10 Å². The number of piperidine rings is 1. The molecule has 1 aliphatic carbocycles. The van der Waals surface area contributed by atoms with Crippen LogP contribution in [0.3, 0.4) is 0 Å². The van der Waals surface area contributed by atoms with Gasteiger partial charge in [0.05, 0.1) is 17.7 Å². The van der Waals surface area contributed by atoms with Crippen LogP contribution in [0.2, 0.25) is 0 Å². The Balaban J connectivity index is 1.08. The zero-order valence-corrected chi connectivity index (χ0v) is 24.4. The fourth-order valence-electron chi connectivity index (χ4n) is 6.37. The second kappa shape index (κ2) is 11.4. The molecule has 0 amide bonds. The number of nitrogens with zero attached hydrogens (tertiary/aromatic N) is 4. The first-order chi connectivity index (χ1) is 19.9. The SMILES string of the molecule is CCOc1c(-c2cn[nH]c2)ccn2nc(Nc3ccc(S(=O)(=O)NCCCC4CC5(CCNCC5)C4)cc3C)nc12. The van der Waals surface area contributed by atoms with Gasteiger partial charge in [0.15, 0.2) is 11.4 Å². The summed E-state index contributed by atoms with van der Waals surface area (Å²) in [6.45, 7) is 7.00. The topological polar surface area (TPSA) is 138 Å². The Kier molecular flexibility index (Phi) is 7.71. The van der Waals surface area contributed by atoms with Crippen LogP contribution < -0.4 is 20.1 Å². The number of aryl methyl sites for hydroxylation is 1. The molecule has 1 saturated heterocycles. The van der Waals surface area contributed by atoms with Crippen LogP contribution in [0, 0.1) is 18.3 Å². The smallest absolute Gasteiger partial charge is 0.247 e. The highest BCUT2D eigenvalue weighted by Gasteiger charge is 2.43. The summed E-state index contributed by atoms with van der Waals surface area (Å²) < 4.78 is 36.4. The van der Waals surface area contributed by atoms with Crippen LogP contribution in [0.4, 0.5) is 11.6 Å². The second-order valence-electron chi connectivity index (χ2n) is 11.3. The molecule has 0 unspecified atom stereocenters. The summed E-state index contributed by atoms with van der Waals surface area (Å²) in [7, 11) is -3.59. The Morgan fingerprint density at radius 2 is 2.02 bits per heavy atom. The first-order valence-electron chi connectivity index (χ1n) is 14.5. The van der Waals surface area contributed by atoms with Crippen molar-refractivity contribution >= 4 is 27.3 Å². The predicted octanol–water partition coefficient (Wildman–Crippen LogP) is 4.41. The van der Waals surface area contributed by atoms with Gasteiger partial charge in [0.25, 0.3) is 0 Å². The van der Waals surface area contributed by atoms with Gasteiger partial charge in [0.1, 0.15) is 0 Å². The van der Waals surface area contributed by atoms with E-state index in [0.717, 1.165) is 54.2 Å². The molecule has 0 bridgehead atoms. The fourth-order valence-corrected chi connectivity index (χ4v) is 7.53. The number of hydrogen-bond acceptors (Lipinski definition) is 8. The van der Waals surface area contributed by atoms with E-state index >= 15 is 0 Å². The second-order valence-corrected chi connectivity index (χ2v) is 13.1. The summed E-state index contributed by atoms with van der Waals surface area (Å²) in [6.07, 6.45) is 12.5. The Hall–Kier alpha value is -3.48. The highest BCUT2D eigenvalue weighted by molar-refractivity contribution is 7.89. The third kappa shape index (κ3) is 5.81. The molecule has 4 N–H and O–H groups in total. The predicted molar refractivity (Wildman–Crippen MR) is 158 cm³/mol. The van der Waals surface area contributed by atoms with E-state index in [9.17, 15) is 8.42 Å². The summed E-state index contributed by atoms with van der Waals surface area (Å²) in [5.41, 5.74) is 4.40. The molecule has 218 valence electrons. The molecule has 2 fully saturated rings. The van der Waals surface area contributed by atoms with Crippen molar-refractivity contribution in [3.8, 4) is 16.9 Å². The largest absolute Gasteiger partial charge is 0.489 e. The van der Waals surface area contributed by atoms with Gasteiger partial charge in [0.2, 0.25) is 16.0 Å². The van der Waals surface area contributed by atoms with Crippen molar-refractivity contribution in [2.45, 2.75) is 57.3 Å². The number of pyridine rings is 1. The maximum atomic E-state index is 13.0. The van der Waals surface area contributed by atoms with Crippen molar-refractivity contribution in [3.05, 3.63) is 48.4 Å². The zero-order chi connectivity index (χ0) is 28.5. The molecule has 1 saturated carbocycles. The van der Waals surface area contributed by atoms with Crippen LogP contribution in [0.15, 0.2) is 47.8 Å². The fraction of sp³-hybridized carbons (Fsp3) is 0.483. The molecule has 41 heavy (non-hydrogen) atoms. The molecule has 3 aromatic heterocycles. The molecule has 1 aliphatic heterocycles. The lowest BCUT2D eigenvalue weighted by molar-refractivity contribution is 0.0168. The molecule has 0 radical (unpaired) electrons. The standard InChI is InChI=1S/C29H38N8O3S/c1-3-40-26-24(22-18-31-32-19-22)8-14-37-27(26)35-28(36-37)34-25-7-6-23(15-20(25)2)41(38,39)33-11-4-5-21-16-29(17-21)9-12-30-13-10-29/h6-8,14-15,18-19,21,30,33H,3-5,9-13,16-17H2,1-2H3,(H,31,32)(H,34,36). The molecule has 6 rings (SSSR count). The van der Waals surface area contributed by atoms with E-state index in [1.807, 2.05) is 26.1 Å². The summed E-state index contributed by atoms with van der Waals surface area (Å²) in [5.74, 6) is 1.74. The number of aromatic amines is 1. The number of anilines is 2. The van der Waals surface area contributed by atoms with Crippen LogP contribution in [0.5, 0.6) is 5.75 Å². The molecule has 11 nitrogen and oxygen atoms in total. The van der Waals surface area contributed by atoms with Crippen LogP contribution >= 0.6 is 0 Å². The van der Waals surface area contributed by atoms with Crippen molar-refractivity contribution in [3.63, 3.8) is 0 Å². The van der Waals surface area contributed by atoms with Crippen molar-refractivity contribution < 1.29 is 13.2 Å². The lowest BCUT2D eigenvalue weighted by Crippen LogP contribution is -2.45. The number of ether oxygens (including phenoxy) is 1. The summed E-state index contributed by atoms with van der Waals surface area (Å²) in [6, 6.07) is 6.96. The van der Waals surface area contributed by atoms with Crippen LogP contribution in [-0.4, -0.2) is 59.5 Å². The highest BCUT2D eigenvalue weighted by Crippen LogP contribution is 2.53. The summed E-state index contributed by atoms with van der Waals surface area (Å²) in [5, 5.41) is 18.1. The Labute approximate surface area is 240 Å². The summed E-state index contributed by atoms with van der Waals surface area (Å²) >= 11 is 0.